The first kappa shape index (κ1) is 19.8. The molecule has 0 spiro atoms. The van der Waals surface area contributed by atoms with Gasteiger partial charge in [0.25, 0.3) is 0 Å². The van der Waals surface area contributed by atoms with Gasteiger partial charge in [0.15, 0.2) is 0 Å². The fourth-order valence-corrected chi connectivity index (χ4v) is 4.22. The number of benzene rings is 5. The number of fused-ring (bicyclic) bond motifs is 1. The van der Waals surface area contributed by atoms with E-state index in [1.165, 1.54) is 33.2 Å². The molecule has 32 heavy (non-hydrogen) atoms. The van der Waals surface area contributed by atoms with Crippen LogP contribution in [0.1, 0.15) is 12.5 Å². The van der Waals surface area contributed by atoms with Gasteiger partial charge in [-0.3, -0.25) is 0 Å². The number of anilines is 3. The van der Waals surface area contributed by atoms with Crippen LogP contribution in [0.3, 0.4) is 0 Å². The van der Waals surface area contributed by atoms with Gasteiger partial charge in [-0.25, -0.2) is 0 Å². The summed E-state index contributed by atoms with van der Waals surface area (Å²) < 4.78 is 0. The number of hydrogen-bond donors (Lipinski definition) is 0. The lowest BCUT2D eigenvalue weighted by molar-refractivity contribution is 1.30. The van der Waals surface area contributed by atoms with Crippen molar-refractivity contribution in [3.8, 4) is 11.1 Å². The lowest BCUT2D eigenvalue weighted by Crippen LogP contribution is -2.10. The van der Waals surface area contributed by atoms with Crippen molar-refractivity contribution in [2.75, 3.05) is 4.90 Å². The first-order valence-electron chi connectivity index (χ1n) is 11.0. The molecule has 5 aromatic rings. The molecule has 5 aromatic carbocycles. The van der Waals surface area contributed by atoms with Crippen molar-refractivity contribution in [1.82, 2.24) is 0 Å². The molecule has 0 aliphatic carbocycles. The zero-order valence-electron chi connectivity index (χ0n) is 18.1. The van der Waals surface area contributed by atoms with Crippen molar-refractivity contribution < 1.29 is 0 Å². The zero-order valence-corrected chi connectivity index (χ0v) is 18.1. The number of allylic oxidation sites excluding steroid dienone is 1. The number of hydrogen-bond acceptors (Lipinski definition) is 1. The molecule has 0 aromatic heterocycles. The number of rotatable bonds is 5. The van der Waals surface area contributed by atoms with Gasteiger partial charge >= 0.3 is 0 Å². The molecule has 0 saturated carbocycles. The van der Waals surface area contributed by atoms with E-state index in [-0.39, 0.29) is 0 Å². The molecule has 0 unspecified atom stereocenters. The second kappa shape index (κ2) is 8.95. The van der Waals surface area contributed by atoms with Crippen molar-refractivity contribution in [1.29, 1.82) is 0 Å². The standard InChI is InChI=1S/C31H25N/c1-2-10-24-11-8-14-27(23-24)25-19-21-29(22-20-25)32(28-15-4-3-5-16-28)31-18-9-13-26-12-6-7-17-30(26)31/h2-23H,1H3. The van der Waals surface area contributed by atoms with Gasteiger partial charge in [-0.2, -0.15) is 0 Å². The highest BCUT2D eigenvalue weighted by molar-refractivity contribution is 5.98. The molecule has 0 amide bonds. The zero-order chi connectivity index (χ0) is 21.8. The summed E-state index contributed by atoms with van der Waals surface area (Å²) in [5.74, 6) is 0. The Hall–Kier alpha value is -4.10. The van der Waals surface area contributed by atoms with Crippen LogP contribution >= 0.6 is 0 Å². The van der Waals surface area contributed by atoms with Crippen LogP contribution in [-0.2, 0) is 0 Å². The molecular formula is C31H25N. The van der Waals surface area contributed by atoms with E-state index < -0.39 is 0 Å². The minimum Gasteiger partial charge on any atom is -0.310 e. The molecule has 0 aliphatic heterocycles. The van der Waals surface area contributed by atoms with Crippen LogP contribution in [0.4, 0.5) is 17.1 Å². The Kier molecular flexibility index (Phi) is 5.55. The smallest absolute Gasteiger partial charge is 0.0540 e. The topological polar surface area (TPSA) is 3.24 Å². The summed E-state index contributed by atoms with van der Waals surface area (Å²) in [6.07, 6.45) is 4.21. The van der Waals surface area contributed by atoms with Crippen molar-refractivity contribution in [2.45, 2.75) is 6.92 Å². The lowest BCUT2D eigenvalue weighted by atomic mass is 10.0. The maximum Gasteiger partial charge on any atom is 0.0540 e. The molecule has 0 N–H and O–H groups in total. The summed E-state index contributed by atoms with van der Waals surface area (Å²) in [4.78, 5) is 2.34. The van der Waals surface area contributed by atoms with E-state index in [1.807, 2.05) is 6.92 Å². The SMILES string of the molecule is CC=Cc1cccc(-c2ccc(N(c3ccccc3)c3cccc4ccccc34)cc2)c1. The average molecular weight is 412 g/mol. The summed E-state index contributed by atoms with van der Waals surface area (Å²) in [6, 6.07) is 43.1. The predicted molar refractivity (Wildman–Crippen MR) is 139 cm³/mol. The number of nitrogens with zero attached hydrogens (tertiary/aromatic N) is 1. The Morgan fingerprint density at radius 2 is 1.25 bits per heavy atom. The normalized spacial score (nSPS) is 11.2. The molecule has 0 atom stereocenters. The lowest BCUT2D eigenvalue weighted by Gasteiger charge is -2.27. The van der Waals surface area contributed by atoms with Crippen LogP contribution in [0.2, 0.25) is 0 Å². The number of para-hydroxylation sites is 1. The molecule has 1 nitrogen and oxygen atoms in total. The average Bonchev–Trinajstić information content (AvgIpc) is 2.86. The monoisotopic (exact) mass is 411 g/mol. The van der Waals surface area contributed by atoms with E-state index in [0.717, 1.165) is 11.4 Å². The molecule has 0 saturated heterocycles. The van der Waals surface area contributed by atoms with Gasteiger partial charge in [-0.05, 0) is 65.4 Å². The van der Waals surface area contributed by atoms with Crippen molar-refractivity contribution in [3.63, 3.8) is 0 Å². The molecule has 0 heterocycles. The Balaban J connectivity index is 1.61. The predicted octanol–water partition coefficient (Wildman–Crippen LogP) is 9.01. The van der Waals surface area contributed by atoms with E-state index >= 15 is 0 Å². The second-order valence-electron chi connectivity index (χ2n) is 7.84. The van der Waals surface area contributed by atoms with Crippen LogP contribution < -0.4 is 4.90 Å². The largest absolute Gasteiger partial charge is 0.310 e. The highest BCUT2D eigenvalue weighted by Gasteiger charge is 2.15. The third-order valence-corrected chi connectivity index (χ3v) is 5.73. The molecule has 0 bridgehead atoms. The molecule has 0 radical (unpaired) electrons. The van der Waals surface area contributed by atoms with Gasteiger partial charge in [0.05, 0.1) is 5.69 Å². The first-order valence-corrected chi connectivity index (χ1v) is 11.0. The van der Waals surface area contributed by atoms with E-state index in [4.69, 9.17) is 0 Å². The quantitative estimate of drug-likeness (QED) is 0.279. The van der Waals surface area contributed by atoms with Crippen LogP contribution in [0.25, 0.3) is 28.0 Å². The van der Waals surface area contributed by atoms with E-state index in [1.54, 1.807) is 0 Å². The highest BCUT2D eigenvalue weighted by Crippen LogP contribution is 2.39. The second-order valence-corrected chi connectivity index (χ2v) is 7.84. The van der Waals surface area contributed by atoms with Gasteiger partial charge in [0, 0.05) is 16.8 Å². The van der Waals surface area contributed by atoms with Crippen LogP contribution in [0.5, 0.6) is 0 Å². The summed E-state index contributed by atoms with van der Waals surface area (Å²) in [5.41, 5.74) is 7.12. The van der Waals surface area contributed by atoms with Crippen LogP contribution in [0, 0.1) is 0 Å². The Morgan fingerprint density at radius 1 is 0.562 bits per heavy atom. The molecule has 0 fully saturated rings. The van der Waals surface area contributed by atoms with E-state index in [9.17, 15) is 0 Å². The van der Waals surface area contributed by atoms with Gasteiger partial charge in [0.2, 0.25) is 0 Å². The first-order chi connectivity index (χ1) is 15.8. The van der Waals surface area contributed by atoms with Crippen molar-refractivity contribution >= 4 is 33.9 Å². The Bertz CT molecular complexity index is 1360. The van der Waals surface area contributed by atoms with Gasteiger partial charge < -0.3 is 4.90 Å². The minimum atomic E-state index is 1.14. The fourth-order valence-electron chi connectivity index (χ4n) is 4.22. The summed E-state index contributed by atoms with van der Waals surface area (Å²) in [7, 11) is 0. The molecule has 0 aliphatic rings. The van der Waals surface area contributed by atoms with Crippen LogP contribution in [-0.4, -0.2) is 0 Å². The molecular weight excluding hydrogens is 386 g/mol. The maximum atomic E-state index is 2.34. The van der Waals surface area contributed by atoms with E-state index in [2.05, 4.69) is 138 Å². The van der Waals surface area contributed by atoms with Gasteiger partial charge in [0.1, 0.15) is 0 Å². The molecule has 154 valence electrons. The minimum absolute atomic E-state index is 1.14. The Morgan fingerprint density at radius 3 is 2.06 bits per heavy atom. The highest BCUT2D eigenvalue weighted by atomic mass is 15.1. The summed E-state index contributed by atoms with van der Waals surface area (Å²) in [6.45, 7) is 2.05. The molecule has 5 rings (SSSR count). The molecule has 1 heteroatoms. The maximum absolute atomic E-state index is 2.34. The van der Waals surface area contributed by atoms with Crippen molar-refractivity contribution in [2.24, 2.45) is 0 Å². The fraction of sp³-hybridized carbons (Fsp3) is 0.0323. The summed E-state index contributed by atoms with van der Waals surface area (Å²) in [5, 5.41) is 2.48. The van der Waals surface area contributed by atoms with Gasteiger partial charge in [-0.15, -0.1) is 0 Å². The van der Waals surface area contributed by atoms with Crippen molar-refractivity contribution in [3.05, 3.63) is 133 Å². The van der Waals surface area contributed by atoms with E-state index in [0.29, 0.717) is 0 Å². The summed E-state index contributed by atoms with van der Waals surface area (Å²) >= 11 is 0. The third kappa shape index (κ3) is 3.93. The van der Waals surface area contributed by atoms with Crippen LogP contribution in [0.15, 0.2) is 127 Å². The Labute approximate surface area is 189 Å². The third-order valence-electron chi connectivity index (χ3n) is 5.73. The van der Waals surface area contributed by atoms with Gasteiger partial charge in [-0.1, -0.05) is 97.1 Å².